The van der Waals surface area contributed by atoms with Crippen molar-refractivity contribution in [2.45, 2.75) is 6.42 Å². The van der Waals surface area contributed by atoms with Gasteiger partial charge in [0.25, 0.3) is 0 Å². The number of benzene rings is 1. The summed E-state index contributed by atoms with van der Waals surface area (Å²) in [4.78, 5) is 0. The van der Waals surface area contributed by atoms with Crippen LogP contribution < -0.4 is 5.73 Å². The van der Waals surface area contributed by atoms with Crippen LogP contribution >= 0.6 is 0 Å². The summed E-state index contributed by atoms with van der Waals surface area (Å²) in [5.41, 5.74) is 7.88. The SMILES string of the molecule is Nc1cc(Cc2ccccc2)cnn1. The third-order valence-corrected chi connectivity index (χ3v) is 1.98. The quantitative estimate of drug-likeness (QED) is 0.774. The standard InChI is InChI=1S/C11H11N3/c12-11-7-10(8-13-14-11)6-9-4-2-1-3-5-9/h1-5,7-8H,6H2,(H2,12,14). The molecule has 0 bridgehead atoms. The second kappa shape index (κ2) is 3.87. The van der Waals surface area contributed by atoms with Crippen molar-refractivity contribution >= 4 is 5.82 Å². The average molecular weight is 185 g/mol. The van der Waals surface area contributed by atoms with Gasteiger partial charge in [0.05, 0.1) is 6.20 Å². The van der Waals surface area contributed by atoms with Gasteiger partial charge in [-0.05, 0) is 23.6 Å². The van der Waals surface area contributed by atoms with Crippen molar-refractivity contribution in [3.63, 3.8) is 0 Å². The molecule has 0 aliphatic rings. The summed E-state index contributed by atoms with van der Waals surface area (Å²) < 4.78 is 0. The van der Waals surface area contributed by atoms with Crippen LogP contribution in [0.2, 0.25) is 0 Å². The normalized spacial score (nSPS) is 10.0. The van der Waals surface area contributed by atoms with E-state index in [0.717, 1.165) is 12.0 Å². The molecule has 0 aliphatic carbocycles. The summed E-state index contributed by atoms with van der Waals surface area (Å²) >= 11 is 0. The van der Waals surface area contributed by atoms with Gasteiger partial charge in [0.15, 0.2) is 0 Å². The predicted molar refractivity (Wildman–Crippen MR) is 55.7 cm³/mol. The van der Waals surface area contributed by atoms with Crippen molar-refractivity contribution in [3.05, 3.63) is 53.7 Å². The molecule has 0 atom stereocenters. The molecule has 1 heterocycles. The molecule has 3 heteroatoms. The Morgan fingerprint density at radius 3 is 2.57 bits per heavy atom. The van der Waals surface area contributed by atoms with Gasteiger partial charge in [-0.25, -0.2) is 0 Å². The molecule has 0 spiro atoms. The molecule has 0 fully saturated rings. The van der Waals surface area contributed by atoms with E-state index >= 15 is 0 Å². The van der Waals surface area contributed by atoms with Crippen LogP contribution in [-0.2, 0) is 6.42 Å². The molecule has 1 aromatic carbocycles. The first-order valence-electron chi connectivity index (χ1n) is 4.45. The Hall–Kier alpha value is -1.90. The Bertz CT molecular complexity index is 412. The van der Waals surface area contributed by atoms with Crippen LogP contribution in [-0.4, -0.2) is 10.2 Å². The number of nitrogens with two attached hydrogens (primary N) is 1. The average Bonchev–Trinajstić information content (AvgIpc) is 2.19. The highest BCUT2D eigenvalue weighted by Gasteiger charge is 1.96. The first-order chi connectivity index (χ1) is 6.84. The Balaban J connectivity index is 2.19. The predicted octanol–water partition coefficient (Wildman–Crippen LogP) is 1.65. The molecule has 1 aromatic heterocycles. The molecule has 2 aromatic rings. The van der Waals surface area contributed by atoms with Gasteiger partial charge in [0.2, 0.25) is 0 Å². The molecule has 0 saturated heterocycles. The summed E-state index contributed by atoms with van der Waals surface area (Å²) in [5, 5.41) is 7.51. The summed E-state index contributed by atoms with van der Waals surface area (Å²) in [5.74, 6) is 0.471. The Morgan fingerprint density at radius 2 is 1.86 bits per heavy atom. The van der Waals surface area contributed by atoms with Crippen LogP contribution in [0.5, 0.6) is 0 Å². The van der Waals surface area contributed by atoms with E-state index in [4.69, 9.17) is 5.73 Å². The maximum Gasteiger partial charge on any atom is 0.146 e. The van der Waals surface area contributed by atoms with E-state index in [1.54, 1.807) is 6.20 Å². The molecule has 0 unspecified atom stereocenters. The maximum atomic E-state index is 5.54. The Morgan fingerprint density at radius 1 is 1.07 bits per heavy atom. The lowest BCUT2D eigenvalue weighted by Gasteiger charge is -2.00. The van der Waals surface area contributed by atoms with E-state index in [1.807, 2.05) is 24.3 Å². The number of nitrogens with zero attached hydrogens (tertiary/aromatic N) is 2. The minimum atomic E-state index is 0.471. The van der Waals surface area contributed by atoms with Crippen LogP contribution in [0, 0.1) is 0 Å². The number of aromatic nitrogens is 2. The summed E-state index contributed by atoms with van der Waals surface area (Å²) in [7, 11) is 0. The number of anilines is 1. The molecule has 70 valence electrons. The number of hydrogen-bond donors (Lipinski definition) is 1. The van der Waals surface area contributed by atoms with Crippen LogP contribution in [0.4, 0.5) is 5.82 Å². The van der Waals surface area contributed by atoms with Gasteiger partial charge < -0.3 is 5.73 Å². The fourth-order valence-corrected chi connectivity index (χ4v) is 1.35. The zero-order chi connectivity index (χ0) is 9.80. The lowest BCUT2D eigenvalue weighted by atomic mass is 10.1. The van der Waals surface area contributed by atoms with Gasteiger partial charge in [-0.2, -0.15) is 5.10 Å². The monoisotopic (exact) mass is 185 g/mol. The van der Waals surface area contributed by atoms with E-state index in [-0.39, 0.29) is 0 Å². The lowest BCUT2D eigenvalue weighted by molar-refractivity contribution is 1.00. The van der Waals surface area contributed by atoms with Gasteiger partial charge in [-0.15, -0.1) is 5.10 Å². The van der Waals surface area contributed by atoms with Gasteiger partial charge in [-0.3, -0.25) is 0 Å². The zero-order valence-electron chi connectivity index (χ0n) is 7.72. The zero-order valence-corrected chi connectivity index (χ0v) is 7.72. The second-order valence-electron chi connectivity index (χ2n) is 3.15. The molecular weight excluding hydrogens is 174 g/mol. The van der Waals surface area contributed by atoms with E-state index in [2.05, 4.69) is 22.3 Å². The minimum Gasteiger partial charge on any atom is -0.382 e. The third kappa shape index (κ3) is 2.07. The highest BCUT2D eigenvalue weighted by molar-refractivity contribution is 5.32. The molecule has 0 amide bonds. The molecule has 0 aliphatic heterocycles. The Kier molecular flexibility index (Phi) is 2.40. The van der Waals surface area contributed by atoms with Crippen LogP contribution in [0.1, 0.15) is 11.1 Å². The van der Waals surface area contributed by atoms with Crippen LogP contribution in [0.3, 0.4) is 0 Å². The van der Waals surface area contributed by atoms with Crippen molar-refractivity contribution in [2.24, 2.45) is 0 Å². The largest absolute Gasteiger partial charge is 0.382 e. The van der Waals surface area contributed by atoms with Gasteiger partial charge >= 0.3 is 0 Å². The highest BCUT2D eigenvalue weighted by atomic mass is 15.1. The van der Waals surface area contributed by atoms with E-state index in [1.165, 1.54) is 5.56 Å². The molecule has 0 saturated carbocycles. The molecule has 14 heavy (non-hydrogen) atoms. The number of hydrogen-bond acceptors (Lipinski definition) is 3. The van der Waals surface area contributed by atoms with Crippen molar-refractivity contribution in [3.8, 4) is 0 Å². The summed E-state index contributed by atoms with van der Waals surface area (Å²) in [6.07, 6.45) is 2.59. The first kappa shape index (κ1) is 8.69. The summed E-state index contributed by atoms with van der Waals surface area (Å²) in [6, 6.07) is 12.1. The molecule has 2 N–H and O–H groups in total. The highest BCUT2D eigenvalue weighted by Crippen LogP contribution is 2.08. The van der Waals surface area contributed by atoms with Crippen LogP contribution in [0.15, 0.2) is 42.6 Å². The van der Waals surface area contributed by atoms with Crippen molar-refractivity contribution in [2.75, 3.05) is 5.73 Å². The first-order valence-corrected chi connectivity index (χ1v) is 4.45. The van der Waals surface area contributed by atoms with Crippen molar-refractivity contribution < 1.29 is 0 Å². The third-order valence-electron chi connectivity index (χ3n) is 1.98. The van der Waals surface area contributed by atoms with E-state index in [9.17, 15) is 0 Å². The number of rotatable bonds is 2. The van der Waals surface area contributed by atoms with Gasteiger partial charge in [-0.1, -0.05) is 30.3 Å². The minimum absolute atomic E-state index is 0.471. The van der Waals surface area contributed by atoms with Crippen LogP contribution in [0.25, 0.3) is 0 Å². The van der Waals surface area contributed by atoms with Crippen molar-refractivity contribution in [1.29, 1.82) is 0 Å². The molecule has 2 rings (SSSR count). The van der Waals surface area contributed by atoms with Gasteiger partial charge in [0.1, 0.15) is 5.82 Å². The number of nitrogen functional groups attached to an aromatic ring is 1. The van der Waals surface area contributed by atoms with Gasteiger partial charge in [0, 0.05) is 0 Å². The fourth-order valence-electron chi connectivity index (χ4n) is 1.35. The summed E-state index contributed by atoms with van der Waals surface area (Å²) in [6.45, 7) is 0. The molecule has 0 radical (unpaired) electrons. The van der Waals surface area contributed by atoms with E-state index < -0.39 is 0 Å². The molecular formula is C11H11N3. The topological polar surface area (TPSA) is 51.8 Å². The van der Waals surface area contributed by atoms with Crippen molar-refractivity contribution in [1.82, 2.24) is 10.2 Å². The maximum absolute atomic E-state index is 5.54. The smallest absolute Gasteiger partial charge is 0.146 e. The fraction of sp³-hybridized carbons (Fsp3) is 0.0909. The van der Waals surface area contributed by atoms with E-state index in [0.29, 0.717) is 5.82 Å². The second-order valence-corrected chi connectivity index (χ2v) is 3.15. The molecule has 3 nitrogen and oxygen atoms in total. The Labute approximate surface area is 82.6 Å². The lowest BCUT2D eigenvalue weighted by Crippen LogP contribution is -1.96.